The van der Waals surface area contributed by atoms with Crippen LogP contribution in [0.15, 0.2) is 42.5 Å². The molecule has 4 heteroatoms. The number of rotatable bonds is 5. The van der Waals surface area contributed by atoms with E-state index in [1.807, 2.05) is 19.2 Å². The second kappa shape index (κ2) is 6.73. The molecule has 0 bridgehead atoms. The van der Waals surface area contributed by atoms with Crippen molar-refractivity contribution in [2.45, 2.75) is 18.9 Å². The van der Waals surface area contributed by atoms with Gasteiger partial charge in [-0.2, -0.15) is 0 Å². The molecule has 0 saturated carbocycles. The minimum atomic E-state index is -0.347. The minimum Gasteiger partial charge on any atom is -0.508 e. The van der Waals surface area contributed by atoms with Crippen LogP contribution in [0.4, 0.5) is 4.39 Å². The molecule has 0 spiro atoms. The number of phenolic OH excluding ortho intramolecular Hbond substituents is 1. The van der Waals surface area contributed by atoms with Crippen molar-refractivity contribution in [2.24, 2.45) is 0 Å². The van der Waals surface area contributed by atoms with Crippen molar-refractivity contribution in [3.05, 3.63) is 64.4 Å². The van der Waals surface area contributed by atoms with Crippen LogP contribution in [0.3, 0.4) is 0 Å². The Balaban J connectivity index is 2.09. The smallest absolute Gasteiger partial charge is 0.145 e. The zero-order valence-corrected chi connectivity index (χ0v) is 12.0. The van der Waals surface area contributed by atoms with E-state index in [0.717, 1.165) is 12.0 Å². The Hall–Kier alpha value is -1.58. The Morgan fingerprint density at radius 2 is 1.85 bits per heavy atom. The van der Waals surface area contributed by atoms with Gasteiger partial charge in [-0.25, -0.2) is 4.39 Å². The largest absolute Gasteiger partial charge is 0.508 e. The van der Waals surface area contributed by atoms with Crippen LogP contribution in [0.2, 0.25) is 5.02 Å². The highest BCUT2D eigenvalue weighted by molar-refractivity contribution is 6.30. The molecule has 0 heterocycles. The highest BCUT2D eigenvalue weighted by Gasteiger charge is 2.13. The number of aromatic hydroxyl groups is 1. The molecular formula is C16H17ClFNO. The van der Waals surface area contributed by atoms with Crippen molar-refractivity contribution in [1.29, 1.82) is 0 Å². The van der Waals surface area contributed by atoms with Gasteiger partial charge in [0.25, 0.3) is 0 Å². The summed E-state index contributed by atoms with van der Waals surface area (Å²) in [5, 5.41) is 12.6. The standard InChI is InChI=1S/C16H17ClFNO/c1-19-13(9-11-5-7-14(20)8-6-11)10-12-3-2-4-15(17)16(12)18/h2-8,13,19-20H,9-10H2,1H3. The summed E-state index contributed by atoms with van der Waals surface area (Å²) < 4.78 is 13.9. The number of phenols is 1. The topological polar surface area (TPSA) is 32.3 Å². The Labute approximate surface area is 123 Å². The van der Waals surface area contributed by atoms with Gasteiger partial charge in [0.05, 0.1) is 5.02 Å². The number of hydrogen-bond donors (Lipinski definition) is 2. The van der Waals surface area contributed by atoms with Gasteiger partial charge in [-0.15, -0.1) is 0 Å². The molecule has 0 aliphatic carbocycles. The van der Waals surface area contributed by atoms with Crippen LogP contribution in [0.1, 0.15) is 11.1 Å². The first kappa shape index (κ1) is 14.8. The van der Waals surface area contributed by atoms with Crippen LogP contribution >= 0.6 is 11.6 Å². The van der Waals surface area contributed by atoms with E-state index in [1.165, 1.54) is 0 Å². The molecule has 1 atom stereocenters. The fourth-order valence-corrected chi connectivity index (χ4v) is 2.36. The molecule has 0 aliphatic rings. The first-order chi connectivity index (χ1) is 9.60. The van der Waals surface area contributed by atoms with Gasteiger partial charge in [-0.05, 0) is 49.2 Å². The maximum atomic E-state index is 13.9. The molecule has 0 radical (unpaired) electrons. The summed E-state index contributed by atoms with van der Waals surface area (Å²) in [7, 11) is 1.85. The molecule has 1 unspecified atom stereocenters. The van der Waals surface area contributed by atoms with Gasteiger partial charge in [0, 0.05) is 6.04 Å². The zero-order valence-electron chi connectivity index (χ0n) is 11.2. The molecule has 2 rings (SSSR count). The van der Waals surface area contributed by atoms with Crippen molar-refractivity contribution in [3.63, 3.8) is 0 Å². The summed E-state index contributed by atoms with van der Waals surface area (Å²) in [5.41, 5.74) is 1.69. The Bertz CT molecular complexity index is 571. The number of hydrogen-bond acceptors (Lipinski definition) is 2. The fraction of sp³-hybridized carbons (Fsp3) is 0.250. The van der Waals surface area contributed by atoms with E-state index in [4.69, 9.17) is 11.6 Å². The number of benzene rings is 2. The SMILES string of the molecule is CNC(Cc1ccc(O)cc1)Cc1cccc(Cl)c1F. The highest BCUT2D eigenvalue weighted by Crippen LogP contribution is 2.20. The normalized spacial score (nSPS) is 12.3. The maximum absolute atomic E-state index is 13.9. The van der Waals surface area contributed by atoms with E-state index in [-0.39, 0.29) is 22.6 Å². The Morgan fingerprint density at radius 3 is 2.50 bits per heavy atom. The van der Waals surface area contributed by atoms with E-state index in [9.17, 15) is 9.50 Å². The Kier molecular flexibility index (Phi) is 4.99. The van der Waals surface area contributed by atoms with Crippen LogP contribution < -0.4 is 5.32 Å². The molecule has 0 fully saturated rings. The lowest BCUT2D eigenvalue weighted by Gasteiger charge is -2.17. The Morgan fingerprint density at radius 1 is 1.15 bits per heavy atom. The summed E-state index contributed by atoms with van der Waals surface area (Å²) >= 11 is 5.79. The molecule has 2 aromatic rings. The second-order valence-electron chi connectivity index (χ2n) is 4.77. The number of likely N-dealkylation sites (N-methyl/N-ethyl adjacent to an activating group) is 1. The lowest BCUT2D eigenvalue weighted by atomic mass is 9.99. The average Bonchev–Trinajstić information content (AvgIpc) is 2.45. The third-order valence-corrected chi connectivity index (χ3v) is 3.62. The monoisotopic (exact) mass is 293 g/mol. The predicted molar refractivity (Wildman–Crippen MR) is 79.8 cm³/mol. The van der Waals surface area contributed by atoms with Crippen LogP contribution in [0, 0.1) is 5.82 Å². The van der Waals surface area contributed by atoms with Gasteiger partial charge >= 0.3 is 0 Å². The summed E-state index contributed by atoms with van der Waals surface area (Å²) in [4.78, 5) is 0. The van der Waals surface area contributed by atoms with Gasteiger partial charge in [0.2, 0.25) is 0 Å². The van der Waals surface area contributed by atoms with Crippen molar-refractivity contribution in [1.82, 2.24) is 5.32 Å². The highest BCUT2D eigenvalue weighted by atomic mass is 35.5. The molecule has 0 amide bonds. The van der Waals surface area contributed by atoms with Gasteiger partial charge in [0.1, 0.15) is 11.6 Å². The molecular weight excluding hydrogens is 277 g/mol. The van der Waals surface area contributed by atoms with Crippen LogP contribution in [-0.4, -0.2) is 18.2 Å². The molecule has 20 heavy (non-hydrogen) atoms. The molecule has 2 N–H and O–H groups in total. The molecule has 106 valence electrons. The summed E-state index contributed by atoms with van der Waals surface area (Å²) in [6, 6.07) is 12.2. The molecule has 2 aromatic carbocycles. The van der Waals surface area contributed by atoms with Crippen molar-refractivity contribution in [3.8, 4) is 5.75 Å². The van der Waals surface area contributed by atoms with Crippen molar-refractivity contribution < 1.29 is 9.50 Å². The molecule has 0 aliphatic heterocycles. The third-order valence-electron chi connectivity index (χ3n) is 3.32. The minimum absolute atomic E-state index is 0.104. The van der Waals surface area contributed by atoms with E-state index in [1.54, 1.807) is 30.3 Å². The van der Waals surface area contributed by atoms with E-state index in [0.29, 0.717) is 12.0 Å². The van der Waals surface area contributed by atoms with Gasteiger partial charge < -0.3 is 10.4 Å². The van der Waals surface area contributed by atoms with Crippen LogP contribution in [-0.2, 0) is 12.8 Å². The number of halogens is 2. The lowest BCUT2D eigenvalue weighted by molar-refractivity contribution is 0.474. The first-order valence-electron chi connectivity index (χ1n) is 6.48. The van der Waals surface area contributed by atoms with Gasteiger partial charge in [-0.3, -0.25) is 0 Å². The van der Waals surface area contributed by atoms with Crippen LogP contribution in [0.5, 0.6) is 5.75 Å². The molecule has 2 nitrogen and oxygen atoms in total. The van der Waals surface area contributed by atoms with E-state index < -0.39 is 0 Å². The third kappa shape index (κ3) is 3.71. The number of nitrogens with one attached hydrogen (secondary N) is 1. The zero-order chi connectivity index (χ0) is 14.5. The molecule has 0 aromatic heterocycles. The second-order valence-corrected chi connectivity index (χ2v) is 5.18. The van der Waals surface area contributed by atoms with E-state index in [2.05, 4.69) is 5.32 Å². The quantitative estimate of drug-likeness (QED) is 0.883. The maximum Gasteiger partial charge on any atom is 0.145 e. The summed E-state index contributed by atoms with van der Waals surface area (Å²) in [6.45, 7) is 0. The summed E-state index contributed by atoms with van der Waals surface area (Å²) in [6.07, 6.45) is 1.31. The molecule has 0 saturated heterocycles. The summed E-state index contributed by atoms with van der Waals surface area (Å²) in [5.74, 6) is -0.101. The lowest BCUT2D eigenvalue weighted by Crippen LogP contribution is -2.30. The average molecular weight is 294 g/mol. The first-order valence-corrected chi connectivity index (χ1v) is 6.86. The fourth-order valence-electron chi connectivity index (χ4n) is 2.16. The van der Waals surface area contributed by atoms with E-state index >= 15 is 0 Å². The van der Waals surface area contributed by atoms with Gasteiger partial charge in [-0.1, -0.05) is 35.9 Å². The van der Waals surface area contributed by atoms with Crippen molar-refractivity contribution >= 4 is 11.6 Å². The predicted octanol–water partition coefficient (Wildman–Crippen LogP) is 3.56. The van der Waals surface area contributed by atoms with Crippen LogP contribution in [0.25, 0.3) is 0 Å². The van der Waals surface area contributed by atoms with Gasteiger partial charge in [0.15, 0.2) is 0 Å². The van der Waals surface area contributed by atoms with Crippen molar-refractivity contribution in [2.75, 3.05) is 7.05 Å².